The van der Waals surface area contributed by atoms with Crippen LogP contribution in [0, 0.1) is 6.92 Å². The molecular weight excluding hydrogens is 193 g/mol. The molecule has 1 aromatic rings. The second-order valence-corrected chi connectivity index (χ2v) is 3.71. The van der Waals surface area contributed by atoms with Gasteiger partial charge in [-0.25, -0.2) is 0 Å². The van der Waals surface area contributed by atoms with Gasteiger partial charge >= 0.3 is 0 Å². The summed E-state index contributed by atoms with van der Waals surface area (Å²) in [5, 5.41) is 1.23. The van der Waals surface area contributed by atoms with Crippen molar-refractivity contribution < 1.29 is 0 Å². The van der Waals surface area contributed by atoms with E-state index >= 15 is 0 Å². The lowest BCUT2D eigenvalue weighted by Crippen LogP contribution is -2.10. The summed E-state index contributed by atoms with van der Waals surface area (Å²) in [4.78, 5) is 1.96. The summed E-state index contributed by atoms with van der Waals surface area (Å²) < 4.78 is 0. The SMILES string of the molecule is Cc1ccc(Cl)c(Cl)c1N(C)C. The van der Waals surface area contributed by atoms with Crippen LogP contribution in [0.15, 0.2) is 12.1 Å². The number of anilines is 1. The molecule has 0 N–H and O–H groups in total. The summed E-state index contributed by atoms with van der Waals surface area (Å²) in [6.07, 6.45) is 0. The normalized spacial score (nSPS) is 10.1. The van der Waals surface area contributed by atoms with Crippen LogP contribution in [0.5, 0.6) is 0 Å². The molecule has 0 saturated carbocycles. The summed E-state index contributed by atoms with van der Waals surface area (Å²) in [6.45, 7) is 2.01. The van der Waals surface area contributed by atoms with Gasteiger partial charge in [-0.05, 0) is 18.6 Å². The summed E-state index contributed by atoms with van der Waals surface area (Å²) in [6, 6.07) is 3.77. The third kappa shape index (κ3) is 1.67. The monoisotopic (exact) mass is 203 g/mol. The maximum Gasteiger partial charge on any atom is 0.0828 e. The Morgan fingerprint density at radius 2 is 1.75 bits per heavy atom. The Morgan fingerprint density at radius 3 is 2.17 bits per heavy atom. The molecule has 0 fully saturated rings. The highest BCUT2D eigenvalue weighted by atomic mass is 35.5. The first-order valence-electron chi connectivity index (χ1n) is 3.66. The predicted octanol–water partition coefficient (Wildman–Crippen LogP) is 3.37. The molecule has 0 aromatic heterocycles. The van der Waals surface area contributed by atoms with E-state index in [0.717, 1.165) is 11.3 Å². The van der Waals surface area contributed by atoms with Crippen molar-refractivity contribution in [1.29, 1.82) is 0 Å². The molecule has 0 amide bonds. The van der Waals surface area contributed by atoms with Crippen LogP contribution in [0.1, 0.15) is 5.56 Å². The Bertz CT molecular complexity index is 295. The lowest BCUT2D eigenvalue weighted by Gasteiger charge is -2.17. The average molecular weight is 204 g/mol. The minimum Gasteiger partial charge on any atom is -0.376 e. The molecule has 12 heavy (non-hydrogen) atoms. The van der Waals surface area contributed by atoms with Crippen LogP contribution in [0.4, 0.5) is 5.69 Å². The highest BCUT2D eigenvalue weighted by molar-refractivity contribution is 6.43. The third-order valence-corrected chi connectivity index (χ3v) is 2.51. The molecule has 0 spiro atoms. The van der Waals surface area contributed by atoms with E-state index in [-0.39, 0.29) is 0 Å². The van der Waals surface area contributed by atoms with Crippen LogP contribution in [-0.2, 0) is 0 Å². The largest absolute Gasteiger partial charge is 0.376 e. The van der Waals surface area contributed by atoms with Crippen LogP contribution in [-0.4, -0.2) is 14.1 Å². The number of benzene rings is 1. The van der Waals surface area contributed by atoms with E-state index in [4.69, 9.17) is 23.2 Å². The number of nitrogens with zero attached hydrogens (tertiary/aromatic N) is 1. The second-order valence-electron chi connectivity index (χ2n) is 2.92. The second kappa shape index (κ2) is 3.55. The van der Waals surface area contributed by atoms with Gasteiger partial charge in [0.1, 0.15) is 0 Å². The van der Waals surface area contributed by atoms with Gasteiger partial charge < -0.3 is 4.90 Å². The molecule has 0 aliphatic rings. The number of aryl methyl sites for hydroxylation is 1. The number of halogens is 2. The van der Waals surface area contributed by atoms with Crippen LogP contribution in [0.3, 0.4) is 0 Å². The Balaban J connectivity index is 3.33. The lowest BCUT2D eigenvalue weighted by atomic mass is 10.2. The Morgan fingerprint density at radius 1 is 1.17 bits per heavy atom. The minimum atomic E-state index is 0.603. The average Bonchev–Trinajstić information content (AvgIpc) is 1.97. The molecule has 3 heteroatoms. The van der Waals surface area contributed by atoms with E-state index in [9.17, 15) is 0 Å². The molecule has 1 rings (SSSR count). The van der Waals surface area contributed by atoms with Gasteiger partial charge in [0.05, 0.1) is 15.7 Å². The quantitative estimate of drug-likeness (QED) is 0.677. The van der Waals surface area contributed by atoms with E-state index in [0.29, 0.717) is 10.0 Å². The molecule has 66 valence electrons. The van der Waals surface area contributed by atoms with Crippen molar-refractivity contribution >= 4 is 28.9 Å². The lowest BCUT2D eigenvalue weighted by molar-refractivity contribution is 1.11. The molecule has 1 aromatic carbocycles. The maximum atomic E-state index is 6.02. The van der Waals surface area contributed by atoms with Crippen LogP contribution >= 0.6 is 23.2 Å². The molecule has 0 unspecified atom stereocenters. The fourth-order valence-electron chi connectivity index (χ4n) is 1.19. The van der Waals surface area contributed by atoms with Crippen LogP contribution < -0.4 is 4.90 Å². The first-order valence-corrected chi connectivity index (χ1v) is 4.41. The van der Waals surface area contributed by atoms with Gasteiger partial charge in [0.15, 0.2) is 0 Å². The van der Waals surface area contributed by atoms with Gasteiger partial charge in [-0.15, -0.1) is 0 Å². The van der Waals surface area contributed by atoms with Gasteiger partial charge in [0, 0.05) is 14.1 Å². The fraction of sp³-hybridized carbons (Fsp3) is 0.333. The predicted molar refractivity (Wildman–Crippen MR) is 55.5 cm³/mol. The maximum absolute atomic E-state index is 6.02. The van der Waals surface area contributed by atoms with Crippen molar-refractivity contribution in [1.82, 2.24) is 0 Å². The first-order chi connectivity index (χ1) is 5.54. The molecule has 0 heterocycles. The van der Waals surface area contributed by atoms with Crippen molar-refractivity contribution in [3.05, 3.63) is 27.7 Å². The Labute approximate surface area is 82.9 Å². The zero-order chi connectivity index (χ0) is 9.30. The molecule has 0 aliphatic carbocycles. The van der Waals surface area contributed by atoms with Gasteiger partial charge in [-0.2, -0.15) is 0 Å². The third-order valence-electron chi connectivity index (χ3n) is 1.72. The van der Waals surface area contributed by atoms with Crippen molar-refractivity contribution in [3.63, 3.8) is 0 Å². The highest BCUT2D eigenvalue weighted by Crippen LogP contribution is 2.34. The molecule has 0 atom stereocenters. The van der Waals surface area contributed by atoms with Crippen molar-refractivity contribution in [2.24, 2.45) is 0 Å². The summed E-state index contributed by atoms with van der Waals surface area (Å²) >= 11 is 11.9. The molecular formula is C9H11Cl2N. The van der Waals surface area contributed by atoms with E-state index in [1.807, 2.05) is 38.1 Å². The Kier molecular flexibility index (Phi) is 2.86. The van der Waals surface area contributed by atoms with Gasteiger partial charge in [-0.3, -0.25) is 0 Å². The van der Waals surface area contributed by atoms with Crippen molar-refractivity contribution in [3.8, 4) is 0 Å². The molecule has 0 bridgehead atoms. The molecule has 0 radical (unpaired) electrons. The number of hydrogen-bond acceptors (Lipinski definition) is 1. The van der Waals surface area contributed by atoms with E-state index in [1.54, 1.807) is 0 Å². The summed E-state index contributed by atoms with van der Waals surface area (Å²) in [5.41, 5.74) is 2.12. The number of rotatable bonds is 1. The van der Waals surface area contributed by atoms with Crippen LogP contribution in [0.2, 0.25) is 10.0 Å². The van der Waals surface area contributed by atoms with Crippen molar-refractivity contribution in [2.45, 2.75) is 6.92 Å². The zero-order valence-corrected chi connectivity index (χ0v) is 8.87. The molecule has 0 saturated heterocycles. The number of hydrogen-bond donors (Lipinski definition) is 0. The molecule has 0 aliphatic heterocycles. The van der Waals surface area contributed by atoms with E-state index in [2.05, 4.69) is 0 Å². The Hall–Kier alpha value is -0.400. The van der Waals surface area contributed by atoms with Gasteiger partial charge in [-0.1, -0.05) is 29.3 Å². The van der Waals surface area contributed by atoms with Gasteiger partial charge in [0.2, 0.25) is 0 Å². The van der Waals surface area contributed by atoms with Crippen molar-refractivity contribution in [2.75, 3.05) is 19.0 Å². The standard InChI is InChI=1S/C9H11Cl2N/c1-6-4-5-7(10)8(11)9(6)12(2)3/h4-5H,1-3H3. The minimum absolute atomic E-state index is 0.603. The van der Waals surface area contributed by atoms with Crippen LogP contribution in [0.25, 0.3) is 0 Å². The van der Waals surface area contributed by atoms with E-state index in [1.165, 1.54) is 0 Å². The first kappa shape index (κ1) is 9.69. The van der Waals surface area contributed by atoms with E-state index < -0.39 is 0 Å². The summed E-state index contributed by atoms with van der Waals surface area (Å²) in [5.74, 6) is 0. The molecule has 1 nitrogen and oxygen atoms in total. The smallest absolute Gasteiger partial charge is 0.0828 e. The highest BCUT2D eigenvalue weighted by Gasteiger charge is 2.08. The van der Waals surface area contributed by atoms with Gasteiger partial charge in [0.25, 0.3) is 0 Å². The fourth-order valence-corrected chi connectivity index (χ4v) is 1.72. The zero-order valence-electron chi connectivity index (χ0n) is 7.36. The topological polar surface area (TPSA) is 3.24 Å². The summed E-state index contributed by atoms with van der Waals surface area (Å²) in [7, 11) is 3.90.